The number of benzene rings is 1. The van der Waals surface area contributed by atoms with E-state index >= 15 is 0 Å². The number of alkyl halides is 4. The van der Waals surface area contributed by atoms with Gasteiger partial charge >= 0.3 is 6.18 Å². The summed E-state index contributed by atoms with van der Waals surface area (Å²) in [5, 5.41) is 3.27. The molecule has 0 bridgehead atoms. The molecular formula is C13H14BrF4NO. The summed E-state index contributed by atoms with van der Waals surface area (Å²) in [4.78, 5) is 11.6. The summed E-state index contributed by atoms with van der Waals surface area (Å²) in [6, 6.07) is 2.67. The summed E-state index contributed by atoms with van der Waals surface area (Å²) >= 11 is 3.26. The highest BCUT2D eigenvalue weighted by molar-refractivity contribution is 9.09. The van der Waals surface area contributed by atoms with E-state index in [1.165, 1.54) is 0 Å². The zero-order valence-electron chi connectivity index (χ0n) is 10.6. The lowest BCUT2D eigenvalue weighted by molar-refractivity contribution is -0.140. The molecule has 0 heterocycles. The first-order valence-electron chi connectivity index (χ1n) is 6.07. The molecule has 112 valence electrons. The Hall–Kier alpha value is -1.11. The second-order valence-electron chi connectivity index (χ2n) is 4.17. The van der Waals surface area contributed by atoms with Crippen molar-refractivity contribution in [1.82, 2.24) is 5.32 Å². The molecule has 20 heavy (non-hydrogen) atoms. The second kappa shape index (κ2) is 7.61. The lowest BCUT2D eigenvalue weighted by Gasteiger charge is -2.11. The Balaban J connectivity index is 2.69. The van der Waals surface area contributed by atoms with Crippen molar-refractivity contribution in [3.05, 3.63) is 35.1 Å². The monoisotopic (exact) mass is 355 g/mol. The van der Waals surface area contributed by atoms with Gasteiger partial charge in [-0.15, -0.1) is 0 Å². The predicted octanol–water partition coefficient (Wildman–Crippen LogP) is 4.14. The molecule has 0 aliphatic heterocycles. The molecule has 0 radical (unpaired) electrons. The van der Waals surface area contributed by atoms with Crippen LogP contribution < -0.4 is 5.32 Å². The molecule has 1 rings (SSSR count). The Morgan fingerprint density at radius 1 is 1.20 bits per heavy atom. The number of amides is 1. The van der Waals surface area contributed by atoms with Gasteiger partial charge in [0.15, 0.2) is 0 Å². The van der Waals surface area contributed by atoms with Crippen molar-refractivity contribution in [1.29, 1.82) is 0 Å². The van der Waals surface area contributed by atoms with E-state index < -0.39 is 29.0 Å². The summed E-state index contributed by atoms with van der Waals surface area (Å²) in [6.45, 7) is 0.307. The Kier molecular flexibility index (Phi) is 6.45. The van der Waals surface area contributed by atoms with Crippen molar-refractivity contribution >= 4 is 21.8 Å². The highest BCUT2D eigenvalue weighted by Gasteiger charge is 2.35. The normalized spacial score (nSPS) is 11.4. The van der Waals surface area contributed by atoms with Crippen molar-refractivity contribution in [3.63, 3.8) is 0 Å². The van der Waals surface area contributed by atoms with Gasteiger partial charge in [0.05, 0.1) is 11.1 Å². The maximum Gasteiger partial charge on any atom is 0.419 e. The molecule has 0 atom stereocenters. The van der Waals surface area contributed by atoms with Crippen LogP contribution in [0.3, 0.4) is 0 Å². The average molecular weight is 356 g/mol. The zero-order chi connectivity index (χ0) is 15.2. The summed E-state index contributed by atoms with van der Waals surface area (Å²) < 4.78 is 51.2. The minimum absolute atomic E-state index is 0.307. The van der Waals surface area contributed by atoms with Crippen LogP contribution in [0.1, 0.15) is 35.2 Å². The Labute approximate surface area is 122 Å². The SMILES string of the molecule is O=C(NCCCCCBr)c1cccc(C(F)(F)F)c1F. The number of carbonyl (C=O) groups is 1. The number of rotatable bonds is 6. The van der Waals surface area contributed by atoms with Gasteiger partial charge in [-0.3, -0.25) is 4.79 Å². The van der Waals surface area contributed by atoms with Crippen LogP contribution in [0.4, 0.5) is 17.6 Å². The first-order chi connectivity index (χ1) is 9.38. The highest BCUT2D eigenvalue weighted by atomic mass is 79.9. The van der Waals surface area contributed by atoms with Gasteiger partial charge in [-0.05, 0) is 25.0 Å². The van der Waals surface area contributed by atoms with Gasteiger partial charge in [0.2, 0.25) is 0 Å². The van der Waals surface area contributed by atoms with Crippen LogP contribution in [0.2, 0.25) is 0 Å². The van der Waals surface area contributed by atoms with Gasteiger partial charge in [-0.1, -0.05) is 28.4 Å². The first-order valence-corrected chi connectivity index (χ1v) is 7.20. The van der Waals surface area contributed by atoms with E-state index in [1.54, 1.807) is 0 Å². The molecule has 0 saturated carbocycles. The van der Waals surface area contributed by atoms with Gasteiger partial charge in [0.1, 0.15) is 5.82 Å². The van der Waals surface area contributed by atoms with Crippen molar-refractivity contribution < 1.29 is 22.4 Å². The molecule has 0 spiro atoms. The third-order valence-electron chi connectivity index (χ3n) is 2.64. The molecule has 0 fully saturated rings. The van der Waals surface area contributed by atoms with Crippen molar-refractivity contribution in [2.24, 2.45) is 0 Å². The van der Waals surface area contributed by atoms with Crippen LogP contribution >= 0.6 is 15.9 Å². The number of hydrogen-bond acceptors (Lipinski definition) is 1. The number of unbranched alkanes of at least 4 members (excludes halogenated alkanes) is 2. The van der Waals surface area contributed by atoms with Crippen molar-refractivity contribution in [2.75, 3.05) is 11.9 Å². The maximum absolute atomic E-state index is 13.7. The van der Waals surface area contributed by atoms with Crippen LogP contribution in [0.5, 0.6) is 0 Å². The molecular weight excluding hydrogens is 342 g/mol. The molecule has 2 nitrogen and oxygen atoms in total. The third kappa shape index (κ3) is 4.77. The number of hydrogen-bond donors (Lipinski definition) is 1. The fraction of sp³-hybridized carbons (Fsp3) is 0.462. The fourth-order valence-electron chi connectivity index (χ4n) is 1.62. The number of nitrogens with one attached hydrogen (secondary N) is 1. The van der Waals surface area contributed by atoms with E-state index in [4.69, 9.17) is 0 Å². The summed E-state index contributed by atoms with van der Waals surface area (Å²) in [5.74, 6) is -2.36. The fourth-order valence-corrected chi connectivity index (χ4v) is 2.02. The number of halogens is 5. The average Bonchev–Trinajstić information content (AvgIpc) is 2.37. The topological polar surface area (TPSA) is 29.1 Å². The molecule has 0 aromatic heterocycles. The van der Waals surface area contributed by atoms with E-state index in [9.17, 15) is 22.4 Å². The Bertz CT molecular complexity index is 462. The van der Waals surface area contributed by atoms with Gasteiger partial charge in [0.25, 0.3) is 5.91 Å². The molecule has 0 unspecified atom stereocenters. The van der Waals surface area contributed by atoms with Crippen molar-refractivity contribution in [3.8, 4) is 0 Å². The molecule has 1 amide bonds. The molecule has 0 aliphatic carbocycles. The predicted molar refractivity (Wildman–Crippen MR) is 71.4 cm³/mol. The van der Waals surface area contributed by atoms with E-state index in [-0.39, 0.29) is 0 Å². The Morgan fingerprint density at radius 3 is 2.50 bits per heavy atom. The molecule has 0 saturated heterocycles. The zero-order valence-corrected chi connectivity index (χ0v) is 12.2. The summed E-state index contributed by atoms with van der Waals surface area (Å²) in [5.41, 5.74) is -2.01. The molecule has 0 aliphatic rings. The smallest absolute Gasteiger partial charge is 0.352 e. The van der Waals surface area contributed by atoms with Gasteiger partial charge in [-0.2, -0.15) is 13.2 Å². The van der Waals surface area contributed by atoms with Gasteiger partial charge < -0.3 is 5.32 Å². The van der Waals surface area contributed by atoms with E-state index in [0.29, 0.717) is 19.0 Å². The second-order valence-corrected chi connectivity index (χ2v) is 4.96. The van der Waals surface area contributed by atoms with Crippen LogP contribution in [0.15, 0.2) is 18.2 Å². The summed E-state index contributed by atoms with van der Waals surface area (Å²) in [7, 11) is 0. The molecule has 1 aromatic rings. The van der Waals surface area contributed by atoms with Crippen LogP contribution in [0.25, 0.3) is 0 Å². The minimum Gasteiger partial charge on any atom is -0.352 e. The van der Waals surface area contributed by atoms with Crippen LogP contribution in [-0.4, -0.2) is 17.8 Å². The van der Waals surface area contributed by atoms with E-state index in [2.05, 4.69) is 21.2 Å². The largest absolute Gasteiger partial charge is 0.419 e. The van der Waals surface area contributed by atoms with Gasteiger partial charge in [-0.25, -0.2) is 4.39 Å². The number of carbonyl (C=O) groups excluding carboxylic acids is 1. The molecule has 1 N–H and O–H groups in total. The van der Waals surface area contributed by atoms with Crippen molar-refractivity contribution in [2.45, 2.75) is 25.4 Å². The highest BCUT2D eigenvalue weighted by Crippen LogP contribution is 2.32. The van der Waals surface area contributed by atoms with Crippen LogP contribution in [0, 0.1) is 5.82 Å². The third-order valence-corrected chi connectivity index (χ3v) is 3.21. The first kappa shape index (κ1) is 16.9. The minimum atomic E-state index is -4.81. The Morgan fingerprint density at radius 2 is 1.90 bits per heavy atom. The lowest BCUT2D eigenvalue weighted by atomic mass is 10.1. The van der Waals surface area contributed by atoms with E-state index in [0.717, 1.165) is 30.3 Å². The summed E-state index contributed by atoms with van der Waals surface area (Å²) in [6.07, 6.45) is -2.31. The maximum atomic E-state index is 13.7. The quantitative estimate of drug-likeness (QED) is 0.463. The van der Waals surface area contributed by atoms with Crippen LogP contribution in [-0.2, 0) is 6.18 Å². The lowest BCUT2D eigenvalue weighted by Crippen LogP contribution is -2.26. The molecule has 1 aromatic carbocycles. The van der Waals surface area contributed by atoms with E-state index in [1.807, 2.05) is 0 Å². The molecule has 7 heteroatoms. The standard InChI is InChI=1S/C13H14BrF4NO/c14-7-2-1-3-8-19-12(20)9-5-4-6-10(11(9)15)13(16,17)18/h4-6H,1-3,7-8H2,(H,19,20). The van der Waals surface area contributed by atoms with Gasteiger partial charge in [0, 0.05) is 11.9 Å².